The van der Waals surface area contributed by atoms with Gasteiger partial charge in [0.15, 0.2) is 0 Å². The monoisotopic (exact) mass is 415 g/mol. The fourth-order valence-corrected chi connectivity index (χ4v) is 5.55. The highest BCUT2D eigenvalue weighted by Crippen LogP contribution is 2.68. The van der Waals surface area contributed by atoms with Gasteiger partial charge >= 0.3 is 0 Å². The van der Waals surface area contributed by atoms with Crippen LogP contribution in [0.4, 0.5) is 4.39 Å². The molecule has 2 fully saturated rings. The molecule has 31 heavy (non-hydrogen) atoms. The topological polar surface area (TPSA) is 21.1 Å². The van der Waals surface area contributed by atoms with Crippen molar-refractivity contribution in [1.29, 1.82) is 0 Å². The first-order valence-corrected chi connectivity index (χ1v) is 11.2. The maximum Gasteiger partial charge on any atom is 0.123 e. The number of halogens is 1. The number of hydrogen-bond donors (Lipinski definition) is 0. The van der Waals surface area contributed by atoms with Crippen molar-refractivity contribution < 1.29 is 4.39 Å². The van der Waals surface area contributed by atoms with Crippen molar-refractivity contribution in [1.82, 2.24) is 14.5 Å². The van der Waals surface area contributed by atoms with Gasteiger partial charge in [-0.05, 0) is 80.8 Å². The Balaban J connectivity index is 1.37. The highest BCUT2D eigenvalue weighted by Gasteiger charge is 2.59. The third-order valence-corrected chi connectivity index (χ3v) is 7.45. The fraction of sp³-hybridized carbons (Fsp3) is 0.370. The van der Waals surface area contributed by atoms with Crippen LogP contribution < -0.4 is 0 Å². The molecule has 4 heteroatoms. The number of piperidine rings is 1. The zero-order valence-corrected chi connectivity index (χ0v) is 18.6. The van der Waals surface area contributed by atoms with Crippen LogP contribution in [-0.4, -0.2) is 21.0 Å². The molecule has 2 aliphatic rings. The predicted molar refractivity (Wildman–Crippen MR) is 123 cm³/mol. The molecule has 3 atom stereocenters. The Labute approximate surface area is 184 Å². The normalized spacial score (nSPS) is 23.9. The van der Waals surface area contributed by atoms with E-state index in [-0.39, 0.29) is 17.3 Å². The maximum atomic E-state index is 13.4. The minimum atomic E-state index is -0.184. The van der Waals surface area contributed by atoms with Gasteiger partial charge in [0.25, 0.3) is 0 Å². The van der Waals surface area contributed by atoms with Crippen molar-refractivity contribution in [3.05, 3.63) is 95.5 Å². The molecule has 3 nitrogen and oxygen atoms in total. The molecule has 5 rings (SSSR count). The van der Waals surface area contributed by atoms with Crippen LogP contribution in [0.2, 0.25) is 0 Å². The van der Waals surface area contributed by atoms with Gasteiger partial charge < -0.3 is 9.47 Å². The molecule has 3 unspecified atom stereocenters. The van der Waals surface area contributed by atoms with Crippen molar-refractivity contribution in [2.75, 3.05) is 6.54 Å². The summed E-state index contributed by atoms with van der Waals surface area (Å²) in [5.74, 6) is 0.345. The van der Waals surface area contributed by atoms with Gasteiger partial charge in [0.2, 0.25) is 0 Å². The molecule has 2 heterocycles. The van der Waals surface area contributed by atoms with Gasteiger partial charge in [-0.3, -0.25) is 0 Å². The molecule has 3 aromatic rings. The first kappa shape index (κ1) is 20.0. The molecular formula is C27H30FN3. The van der Waals surface area contributed by atoms with E-state index in [9.17, 15) is 4.39 Å². The summed E-state index contributed by atoms with van der Waals surface area (Å²) < 4.78 is 15.5. The Morgan fingerprint density at radius 1 is 1.16 bits per heavy atom. The van der Waals surface area contributed by atoms with E-state index in [0.717, 1.165) is 17.8 Å². The smallest absolute Gasteiger partial charge is 0.123 e. The van der Waals surface area contributed by atoms with Crippen LogP contribution in [0.3, 0.4) is 0 Å². The largest absolute Gasteiger partial charge is 0.368 e. The summed E-state index contributed by atoms with van der Waals surface area (Å²) in [6.45, 7) is 12.0. The number of allylic oxidation sites excluding steroid dienone is 1. The Hall–Kier alpha value is -2.88. The van der Waals surface area contributed by atoms with E-state index < -0.39 is 0 Å². The quantitative estimate of drug-likeness (QED) is 0.487. The second kappa shape index (κ2) is 7.37. The molecule has 1 aliphatic heterocycles. The van der Waals surface area contributed by atoms with Gasteiger partial charge in [0, 0.05) is 29.5 Å². The lowest BCUT2D eigenvalue weighted by molar-refractivity contribution is 0.181. The third kappa shape index (κ3) is 3.38. The molecule has 1 spiro atoms. The van der Waals surface area contributed by atoms with E-state index in [2.05, 4.69) is 59.3 Å². The summed E-state index contributed by atoms with van der Waals surface area (Å²) in [6.07, 6.45) is 7.49. The second-order valence-electron chi connectivity index (χ2n) is 9.35. The van der Waals surface area contributed by atoms with Gasteiger partial charge in [0.05, 0.1) is 18.1 Å². The van der Waals surface area contributed by atoms with Crippen molar-refractivity contribution >= 4 is 0 Å². The molecule has 0 bridgehead atoms. The molecule has 0 radical (unpaired) electrons. The molecule has 1 aliphatic carbocycles. The standard InChI is InChI=1S/C27H30FN3/c1-18-14-23(8-11-26(18)30-16-19(2)29-17-30)25-15-27(25)12-5-13-31(21(27)4)20(3)22-6-9-24(28)10-7-22/h6-11,14,16-17,20,25H,4-5,12-13,15H2,1-3H3. The maximum absolute atomic E-state index is 13.4. The van der Waals surface area contributed by atoms with Crippen LogP contribution in [-0.2, 0) is 0 Å². The van der Waals surface area contributed by atoms with Crippen LogP contribution in [0.15, 0.2) is 67.3 Å². The molecule has 1 saturated carbocycles. The van der Waals surface area contributed by atoms with Crippen molar-refractivity contribution in [3.63, 3.8) is 0 Å². The van der Waals surface area contributed by atoms with Gasteiger partial charge in [0.1, 0.15) is 5.82 Å². The molecule has 0 N–H and O–H groups in total. The Bertz CT molecular complexity index is 1130. The van der Waals surface area contributed by atoms with E-state index in [1.165, 1.54) is 41.8 Å². The molecular weight excluding hydrogens is 385 g/mol. The first-order valence-electron chi connectivity index (χ1n) is 11.2. The number of aryl methyl sites for hydroxylation is 2. The van der Waals surface area contributed by atoms with Crippen molar-refractivity contribution in [3.8, 4) is 5.69 Å². The molecule has 160 valence electrons. The second-order valence-corrected chi connectivity index (χ2v) is 9.35. The number of aromatic nitrogens is 2. The highest BCUT2D eigenvalue weighted by atomic mass is 19.1. The lowest BCUT2D eigenvalue weighted by Crippen LogP contribution is -2.36. The fourth-order valence-electron chi connectivity index (χ4n) is 5.55. The molecule has 2 aromatic carbocycles. The van der Waals surface area contributed by atoms with Crippen LogP contribution in [0.25, 0.3) is 5.69 Å². The average Bonchev–Trinajstić information content (AvgIpc) is 3.32. The van der Waals surface area contributed by atoms with E-state index in [1.54, 1.807) is 12.1 Å². The minimum Gasteiger partial charge on any atom is -0.368 e. The predicted octanol–water partition coefficient (Wildman–Crippen LogP) is 6.47. The summed E-state index contributed by atoms with van der Waals surface area (Å²) in [5.41, 5.74) is 7.48. The van der Waals surface area contributed by atoms with Crippen molar-refractivity contribution in [2.45, 2.75) is 52.0 Å². The van der Waals surface area contributed by atoms with Gasteiger partial charge in [-0.25, -0.2) is 9.37 Å². The third-order valence-electron chi connectivity index (χ3n) is 7.45. The summed E-state index contributed by atoms with van der Waals surface area (Å²) in [5, 5.41) is 0. The summed E-state index contributed by atoms with van der Waals surface area (Å²) >= 11 is 0. The van der Waals surface area contributed by atoms with E-state index in [0.29, 0.717) is 5.92 Å². The lowest BCUT2D eigenvalue weighted by atomic mass is 9.85. The number of rotatable bonds is 4. The van der Waals surface area contributed by atoms with Crippen LogP contribution in [0.5, 0.6) is 0 Å². The van der Waals surface area contributed by atoms with Crippen LogP contribution in [0.1, 0.15) is 60.5 Å². The Kier molecular flexibility index (Phi) is 4.76. The number of imidazole rings is 1. The number of nitrogens with zero attached hydrogens (tertiary/aromatic N) is 3. The number of hydrogen-bond acceptors (Lipinski definition) is 2. The zero-order valence-electron chi connectivity index (χ0n) is 18.6. The first-order chi connectivity index (χ1) is 14.9. The highest BCUT2D eigenvalue weighted by molar-refractivity contribution is 5.47. The minimum absolute atomic E-state index is 0.173. The van der Waals surface area contributed by atoms with Gasteiger partial charge in [-0.2, -0.15) is 0 Å². The van der Waals surface area contributed by atoms with E-state index in [1.807, 2.05) is 25.4 Å². The Morgan fingerprint density at radius 3 is 2.61 bits per heavy atom. The molecule has 1 saturated heterocycles. The lowest BCUT2D eigenvalue weighted by Gasteiger charge is -2.42. The number of benzene rings is 2. The van der Waals surface area contributed by atoms with Gasteiger partial charge in [-0.15, -0.1) is 0 Å². The molecule has 0 amide bonds. The zero-order chi connectivity index (χ0) is 21.8. The average molecular weight is 416 g/mol. The van der Waals surface area contributed by atoms with Crippen LogP contribution >= 0.6 is 0 Å². The SMILES string of the molecule is C=C1N(C(C)c2ccc(F)cc2)CCCC12CC2c1ccc(-n2cnc(C)c2)c(C)c1. The summed E-state index contributed by atoms with van der Waals surface area (Å²) in [6, 6.07) is 14.0. The van der Waals surface area contributed by atoms with Gasteiger partial charge in [-0.1, -0.05) is 30.8 Å². The van der Waals surface area contributed by atoms with Crippen LogP contribution in [0, 0.1) is 25.1 Å². The van der Waals surface area contributed by atoms with Crippen molar-refractivity contribution in [2.24, 2.45) is 5.41 Å². The molecule has 1 aromatic heterocycles. The van der Waals surface area contributed by atoms with E-state index >= 15 is 0 Å². The number of likely N-dealkylation sites (tertiary alicyclic amines) is 1. The summed E-state index contributed by atoms with van der Waals surface area (Å²) in [4.78, 5) is 6.81. The summed E-state index contributed by atoms with van der Waals surface area (Å²) in [7, 11) is 0. The van der Waals surface area contributed by atoms with E-state index in [4.69, 9.17) is 0 Å². The Morgan fingerprint density at radius 2 is 1.94 bits per heavy atom.